The predicted molar refractivity (Wildman–Crippen MR) is 68.7 cm³/mol. The first-order valence-electron chi connectivity index (χ1n) is 5.61. The van der Waals surface area contributed by atoms with Gasteiger partial charge in [0, 0.05) is 11.6 Å². The number of aliphatic hydroxyl groups excluding tert-OH is 1. The predicted octanol–water partition coefficient (Wildman–Crippen LogP) is 2.09. The summed E-state index contributed by atoms with van der Waals surface area (Å²) in [6.45, 7) is 3.68. The van der Waals surface area contributed by atoms with Crippen molar-refractivity contribution in [1.29, 1.82) is 0 Å². The Balaban J connectivity index is 2.65. The SMILES string of the molecule is C=CCC1(NOC)C(=O)C=C(O)c2ccccc21. The highest BCUT2D eigenvalue weighted by Gasteiger charge is 2.43. The van der Waals surface area contributed by atoms with Crippen LogP contribution in [0.2, 0.25) is 0 Å². The van der Waals surface area contributed by atoms with E-state index in [4.69, 9.17) is 4.84 Å². The van der Waals surface area contributed by atoms with Gasteiger partial charge in [0.25, 0.3) is 0 Å². The number of hydroxylamine groups is 1. The van der Waals surface area contributed by atoms with E-state index in [0.29, 0.717) is 17.5 Å². The lowest BCUT2D eigenvalue weighted by atomic mass is 9.77. The van der Waals surface area contributed by atoms with Gasteiger partial charge in [0.2, 0.25) is 0 Å². The zero-order valence-corrected chi connectivity index (χ0v) is 10.1. The number of hydrogen-bond acceptors (Lipinski definition) is 4. The molecule has 94 valence electrons. The average Bonchev–Trinajstić information content (AvgIpc) is 2.37. The number of carbonyl (C=O) groups is 1. The molecule has 1 atom stereocenters. The molecule has 0 saturated carbocycles. The van der Waals surface area contributed by atoms with Crippen LogP contribution in [0.25, 0.3) is 5.76 Å². The molecule has 1 aliphatic rings. The Hall–Kier alpha value is -1.91. The standard InChI is InChI=1S/C14H15NO3/c1-3-8-14(15-18-2)11-7-5-4-6-10(11)12(16)9-13(14)17/h3-7,9,15-16H,1,8H2,2H3. The van der Waals surface area contributed by atoms with E-state index in [1.54, 1.807) is 18.2 Å². The first-order valence-corrected chi connectivity index (χ1v) is 5.61. The normalized spacial score (nSPS) is 22.3. The number of ketones is 1. The molecular weight excluding hydrogens is 230 g/mol. The minimum absolute atomic E-state index is 0.0202. The summed E-state index contributed by atoms with van der Waals surface area (Å²) in [5.74, 6) is -0.270. The van der Waals surface area contributed by atoms with Crippen molar-refractivity contribution in [1.82, 2.24) is 5.48 Å². The Kier molecular flexibility index (Phi) is 3.32. The number of nitrogens with one attached hydrogen (secondary N) is 1. The lowest BCUT2D eigenvalue weighted by Gasteiger charge is -2.35. The third-order valence-corrected chi connectivity index (χ3v) is 3.08. The Morgan fingerprint density at radius 2 is 2.22 bits per heavy atom. The Morgan fingerprint density at radius 1 is 1.50 bits per heavy atom. The second-order valence-electron chi connectivity index (χ2n) is 4.14. The van der Waals surface area contributed by atoms with Crippen molar-refractivity contribution in [3.05, 3.63) is 54.1 Å². The third-order valence-electron chi connectivity index (χ3n) is 3.08. The van der Waals surface area contributed by atoms with Crippen LogP contribution in [0.4, 0.5) is 0 Å². The van der Waals surface area contributed by atoms with Crippen molar-refractivity contribution in [2.45, 2.75) is 12.0 Å². The molecule has 2 N–H and O–H groups in total. The first-order chi connectivity index (χ1) is 8.65. The molecule has 0 heterocycles. The quantitative estimate of drug-likeness (QED) is 0.630. The smallest absolute Gasteiger partial charge is 0.186 e. The van der Waals surface area contributed by atoms with Crippen LogP contribution in [0.3, 0.4) is 0 Å². The molecule has 1 aromatic rings. The van der Waals surface area contributed by atoms with Crippen molar-refractivity contribution < 1.29 is 14.7 Å². The van der Waals surface area contributed by atoms with Crippen molar-refractivity contribution in [3.8, 4) is 0 Å². The molecule has 0 aliphatic heterocycles. The maximum absolute atomic E-state index is 12.2. The second kappa shape index (κ2) is 4.76. The molecule has 4 heteroatoms. The van der Waals surface area contributed by atoms with E-state index in [1.165, 1.54) is 13.2 Å². The van der Waals surface area contributed by atoms with Crippen LogP contribution in [0.5, 0.6) is 0 Å². The van der Waals surface area contributed by atoms with E-state index in [2.05, 4.69) is 12.1 Å². The van der Waals surface area contributed by atoms with E-state index in [9.17, 15) is 9.90 Å². The molecule has 0 saturated heterocycles. The Bertz CT molecular complexity index is 522. The number of hydrogen-bond donors (Lipinski definition) is 2. The molecule has 1 unspecified atom stereocenters. The Morgan fingerprint density at radius 3 is 2.89 bits per heavy atom. The number of rotatable bonds is 4. The number of fused-ring (bicyclic) bond motifs is 1. The topological polar surface area (TPSA) is 58.6 Å². The van der Waals surface area contributed by atoms with Crippen molar-refractivity contribution >= 4 is 11.5 Å². The zero-order valence-electron chi connectivity index (χ0n) is 10.1. The maximum Gasteiger partial charge on any atom is 0.186 e. The van der Waals surface area contributed by atoms with Gasteiger partial charge >= 0.3 is 0 Å². The molecule has 0 fully saturated rings. The van der Waals surface area contributed by atoms with Gasteiger partial charge in [-0.05, 0) is 12.0 Å². The Labute approximate surface area is 106 Å². The van der Waals surface area contributed by atoms with Crippen molar-refractivity contribution in [3.63, 3.8) is 0 Å². The van der Waals surface area contributed by atoms with Crippen molar-refractivity contribution in [2.75, 3.05) is 7.11 Å². The summed E-state index contributed by atoms with van der Waals surface area (Å²) in [4.78, 5) is 17.2. The molecule has 2 rings (SSSR count). The molecule has 0 amide bonds. The summed E-state index contributed by atoms with van der Waals surface area (Å²) >= 11 is 0. The molecule has 18 heavy (non-hydrogen) atoms. The number of carbonyl (C=O) groups excluding carboxylic acids is 1. The van der Waals surface area contributed by atoms with E-state index in [0.717, 1.165) is 0 Å². The van der Waals surface area contributed by atoms with Crippen LogP contribution < -0.4 is 5.48 Å². The first kappa shape index (κ1) is 12.5. The molecule has 1 aliphatic carbocycles. The largest absolute Gasteiger partial charge is 0.507 e. The lowest BCUT2D eigenvalue weighted by Crippen LogP contribution is -2.49. The zero-order chi connectivity index (χ0) is 13.2. The fourth-order valence-corrected chi connectivity index (χ4v) is 2.28. The third kappa shape index (κ3) is 1.75. The average molecular weight is 245 g/mol. The van der Waals surface area contributed by atoms with E-state index >= 15 is 0 Å². The number of aliphatic hydroxyl groups is 1. The molecule has 0 radical (unpaired) electrons. The molecule has 0 aromatic heterocycles. The highest BCUT2D eigenvalue weighted by molar-refractivity contribution is 6.06. The van der Waals surface area contributed by atoms with Gasteiger partial charge in [-0.25, -0.2) is 0 Å². The van der Waals surface area contributed by atoms with E-state index in [1.807, 2.05) is 12.1 Å². The molecular formula is C14H15NO3. The summed E-state index contributed by atoms with van der Waals surface area (Å²) in [5, 5.41) is 9.85. The van der Waals surface area contributed by atoms with Crippen LogP contribution in [-0.2, 0) is 15.2 Å². The fourth-order valence-electron chi connectivity index (χ4n) is 2.28. The maximum atomic E-state index is 12.2. The van der Waals surface area contributed by atoms with Gasteiger partial charge in [0.15, 0.2) is 5.78 Å². The summed E-state index contributed by atoms with van der Waals surface area (Å²) < 4.78 is 0. The molecule has 1 aromatic carbocycles. The highest BCUT2D eigenvalue weighted by atomic mass is 16.6. The summed E-state index contributed by atoms with van der Waals surface area (Å²) in [7, 11) is 1.46. The van der Waals surface area contributed by atoms with Crippen LogP contribution in [0.1, 0.15) is 17.5 Å². The van der Waals surface area contributed by atoms with Crippen LogP contribution in [0, 0.1) is 0 Å². The molecule has 4 nitrogen and oxygen atoms in total. The molecule has 0 spiro atoms. The van der Waals surface area contributed by atoms with Crippen molar-refractivity contribution in [2.24, 2.45) is 0 Å². The van der Waals surface area contributed by atoms with Gasteiger partial charge in [0.05, 0.1) is 7.11 Å². The van der Waals surface area contributed by atoms with Gasteiger partial charge in [-0.2, -0.15) is 5.48 Å². The van der Waals surface area contributed by atoms with Gasteiger partial charge in [-0.1, -0.05) is 30.3 Å². The van der Waals surface area contributed by atoms with E-state index in [-0.39, 0.29) is 11.5 Å². The van der Waals surface area contributed by atoms with E-state index < -0.39 is 5.54 Å². The molecule has 0 bridgehead atoms. The summed E-state index contributed by atoms with van der Waals surface area (Å²) in [6, 6.07) is 7.19. The van der Waals surface area contributed by atoms with Gasteiger partial charge < -0.3 is 9.94 Å². The highest BCUT2D eigenvalue weighted by Crippen LogP contribution is 2.36. The lowest BCUT2D eigenvalue weighted by molar-refractivity contribution is -0.127. The fraction of sp³-hybridized carbons (Fsp3) is 0.214. The van der Waals surface area contributed by atoms with Gasteiger partial charge in [0.1, 0.15) is 11.3 Å². The van der Waals surface area contributed by atoms with Gasteiger partial charge in [-0.15, -0.1) is 6.58 Å². The van der Waals surface area contributed by atoms with Crippen LogP contribution in [0.15, 0.2) is 43.0 Å². The second-order valence-corrected chi connectivity index (χ2v) is 4.14. The van der Waals surface area contributed by atoms with Gasteiger partial charge in [-0.3, -0.25) is 4.79 Å². The monoisotopic (exact) mass is 245 g/mol. The summed E-state index contributed by atoms with van der Waals surface area (Å²) in [5.41, 5.74) is 3.05. The minimum Gasteiger partial charge on any atom is -0.507 e. The minimum atomic E-state index is -1.01. The number of benzene rings is 1. The van der Waals surface area contributed by atoms with Crippen LogP contribution >= 0.6 is 0 Å². The van der Waals surface area contributed by atoms with Crippen LogP contribution in [-0.4, -0.2) is 18.0 Å². The summed E-state index contributed by atoms with van der Waals surface area (Å²) in [6.07, 6.45) is 3.25.